The van der Waals surface area contributed by atoms with Crippen molar-refractivity contribution in [2.24, 2.45) is 9.98 Å². The first-order chi connectivity index (χ1) is 26.1. The quantitative estimate of drug-likeness (QED) is 0.253. The first kappa shape index (κ1) is 37.0. The van der Waals surface area contributed by atoms with Crippen LogP contribution in [0.1, 0.15) is 79.2 Å². The van der Waals surface area contributed by atoms with Gasteiger partial charge in [0.1, 0.15) is 11.7 Å². The summed E-state index contributed by atoms with van der Waals surface area (Å²) in [5.74, 6) is -1.66. The average Bonchev–Trinajstić information content (AvgIpc) is 3.85. The van der Waals surface area contributed by atoms with E-state index in [-0.39, 0.29) is 35.8 Å². The summed E-state index contributed by atoms with van der Waals surface area (Å²) in [6.45, 7) is 5.45. The van der Waals surface area contributed by atoms with Gasteiger partial charge in [-0.3, -0.25) is 24.0 Å². The van der Waals surface area contributed by atoms with E-state index in [1.54, 1.807) is 37.4 Å². The maximum Gasteiger partial charge on any atom is 0.363 e. The number of nitrogens with one attached hydrogen (secondary N) is 1. The Kier molecular flexibility index (Phi) is 11.2. The van der Waals surface area contributed by atoms with Crippen LogP contribution in [0.3, 0.4) is 0 Å². The molecule has 0 radical (unpaired) electrons. The number of nitrogens with zero attached hydrogens (tertiary/aromatic N) is 5. The van der Waals surface area contributed by atoms with E-state index >= 15 is 0 Å². The second kappa shape index (κ2) is 16.3. The summed E-state index contributed by atoms with van der Waals surface area (Å²) in [5, 5.41) is 3.03. The number of aliphatic imine (C=N–C) groups is 2. The molecule has 0 aromatic heterocycles. The maximum atomic E-state index is 12.8. The van der Waals surface area contributed by atoms with Gasteiger partial charge in [0.15, 0.2) is 0 Å². The highest BCUT2D eigenvalue weighted by molar-refractivity contribution is 6.14. The van der Waals surface area contributed by atoms with Crippen molar-refractivity contribution in [3.05, 3.63) is 130 Å². The fourth-order valence-corrected chi connectivity index (χ4v) is 6.44. The number of para-hydroxylation sites is 2. The molecule has 13 heteroatoms. The van der Waals surface area contributed by atoms with Gasteiger partial charge in [-0.05, 0) is 73.5 Å². The summed E-state index contributed by atoms with van der Waals surface area (Å²) < 4.78 is 0. The van der Waals surface area contributed by atoms with Gasteiger partial charge < -0.3 is 20.0 Å². The number of hydrogen-bond acceptors (Lipinski definition) is 7. The van der Waals surface area contributed by atoms with Gasteiger partial charge in [0, 0.05) is 73.9 Å². The highest BCUT2D eigenvalue weighted by Crippen LogP contribution is 2.30. The van der Waals surface area contributed by atoms with Crippen molar-refractivity contribution in [1.82, 2.24) is 10.4 Å². The van der Waals surface area contributed by atoms with E-state index in [9.17, 15) is 28.8 Å². The molecule has 0 unspecified atom stereocenters. The third-order valence-electron chi connectivity index (χ3n) is 9.10. The average molecular weight is 727 g/mol. The van der Waals surface area contributed by atoms with E-state index in [0.29, 0.717) is 41.4 Å². The smallest absolute Gasteiger partial charge is 0.355 e. The third-order valence-corrected chi connectivity index (χ3v) is 9.10. The predicted octanol–water partition coefficient (Wildman–Crippen LogP) is 5.20. The molecular formula is C41H38N6O7. The molecule has 3 aliphatic rings. The van der Waals surface area contributed by atoms with Crippen LogP contribution >= 0.6 is 0 Å². The van der Waals surface area contributed by atoms with Crippen LogP contribution in [0, 0.1) is 0 Å². The summed E-state index contributed by atoms with van der Waals surface area (Å²) in [6, 6.07) is 28.4. The van der Waals surface area contributed by atoms with Crippen LogP contribution in [0.15, 0.2) is 107 Å². The number of likely N-dealkylation sites (N-methyl/N-ethyl adjacent to an activating group) is 2. The molecule has 13 nitrogen and oxygen atoms in total. The minimum absolute atomic E-state index is 0.0123. The lowest BCUT2D eigenvalue weighted by atomic mass is 10.1. The molecule has 1 N–H and O–H groups in total. The summed E-state index contributed by atoms with van der Waals surface area (Å²) in [4.78, 5) is 90.1. The van der Waals surface area contributed by atoms with Crippen molar-refractivity contribution in [3.63, 3.8) is 0 Å². The Hall–Kier alpha value is -6.76. The lowest BCUT2D eigenvalue weighted by Crippen LogP contribution is -2.32. The molecule has 0 bridgehead atoms. The third kappa shape index (κ3) is 7.84. The molecule has 5 amide bonds. The molecule has 0 atom stereocenters. The lowest BCUT2D eigenvalue weighted by molar-refractivity contribution is -0.172. The van der Waals surface area contributed by atoms with Gasteiger partial charge in [-0.1, -0.05) is 48.5 Å². The second-order valence-electron chi connectivity index (χ2n) is 12.5. The summed E-state index contributed by atoms with van der Waals surface area (Å²) in [7, 11) is 1.56. The van der Waals surface area contributed by atoms with Crippen LogP contribution in [0.5, 0.6) is 0 Å². The number of amides is 5. The molecule has 3 aliphatic heterocycles. The number of benzene rings is 4. The molecule has 1 saturated heterocycles. The van der Waals surface area contributed by atoms with Crippen LogP contribution in [0.25, 0.3) is 0 Å². The maximum absolute atomic E-state index is 12.8. The van der Waals surface area contributed by atoms with Crippen LogP contribution in [0.4, 0.5) is 11.4 Å². The largest absolute Gasteiger partial charge is 0.363 e. The first-order valence-corrected chi connectivity index (χ1v) is 17.6. The molecular weight excluding hydrogens is 688 g/mol. The summed E-state index contributed by atoms with van der Waals surface area (Å²) >= 11 is 0. The summed E-state index contributed by atoms with van der Waals surface area (Å²) in [6.07, 6.45) is 1.22. The molecule has 0 aliphatic carbocycles. The molecule has 54 heavy (non-hydrogen) atoms. The standard InChI is InChI=1S/C22H19N3O5.C19H19N3O2/c1-2-24-17-9-4-3-6-14(17)13-18(24)23-21(28)15-7-5-8-16(12-15)22(29)30-25-19(26)10-11-20(25)27;1-3-22-16-10-5-4-7-13(16)12-17(22)21-19(24)15-9-6-8-14(11-15)18(23)20-2/h3-9,12H,2,10-11,13H2,1H3;4-11H,3,12H2,1-2H3,(H,20,23). The Bertz CT molecular complexity index is 2210. The minimum Gasteiger partial charge on any atom is -0.355 e. The molecule has 274 valence electrons. The van der Waals surface area contributed by atoms with Crippen LogP contribution in [-0.4, -0.2) is 72.4 Å². The van der Waals surface area contributed by atoms with Gasteiger partial charge in [0.2, 0.25) is 0 Å². The number of amidine groups is 2. The van der Waals surface area contributed by atoms with Crippen LogP contribution in [-0.2, 0) is 27.3 Å². The highest BCUT2D eigenvalue weighted by atomic mass is 16.7. The van der Waals surface area contributed by atoms with E-state index < -0.39 is 23.7 Å². The van der Waals surface area contributed by atoms with Crippen molar-refractivity contribution >= 4 is 58.6 Å². The highest BCUT2D eigenvalue weighted by Gasteiger charge is 2.33. The number of fused-ring (bicyclic) bond motifs is 2. The molecule has 0 saturated carbocycles. The number of carbonyl (C=O) groups is 6. The van der Waals surface area contributed by atoms with Crippen LogP contribution < -0.4 is 15.1 Å². The van der Waals surface area contributed by atoms with Crippen molar-refractivity contribution < 1.29 is 33.6 Å². The zero-order valence-electron chi connectivity index (χ0n) is 30.1. The van der Waals surface area contributed by atoms with Crippen molar-refractivity contribution in [3.8, 4) is 0 Å². The lowest BCUT2D eigenvalue weighted by Gasteiger charge is -2.17. The second-order valence-corrected chi connectivity index (χ2v) is 12.5. The van der Waals surface area contributed by atoms with Gasteiger partial charge in [0.05, 0.1) is 5.56 Å². The van der Waals surface area contributed by atoms with E-state index in [1.807, 2.05) is 61.2 Å². The Labute approximate surface area is 311 Å². The van der Waals surface area contributed by atoms with Crippen molar-refractivity contribution in [2.75, 3.05) is 29.9 Å². The molecule has 7 rings (SSSR count). The number of hydrogen-bond donors (Lipinski definition) is 1. The molecule has 0 spiro atoms. The van der Waals surface area contributed by atoms with Crippen LogP contribution in [0.2, 0.25) is 0 Å². The number of carbonyl (C=O) groups excluding carboxylic acids is 6. The van der Waals surface area contributed by atoms with Crippen molar-refractivity contribution in [1.29, 1.82) is 0 Å². The number of imide groups is 1. The normalized spacial score (nSPS) is 15.9. The van der Waals surface area contributed by atoms with E-state index in [4.69, 9.17) is 4.84 Å². The van der Waals surface area contributed by atoms with E-state index in [2.05, 4.69) is 26.3 Å². The van der Waals surface area contributed by atoms with Gasteiger partial charge >= 0.3 is 5.97 Å². The Morgan fingerprint density at radius 3 is 1.56 bits per heavy atom. The van der Waals surface area contributed by atoms with Gasteiger partial charge in [-0.25, -0.2) is 4.79 Å². The Balaban J connectivity index is 0.000000189. The summed E-state index contributed by atoms with van der Waals surface area (Å²) in [5.41, 5.74) is 5.53. The zero-order chi connectivity index (χ0) is 38.4. The SMILES string of the molecule is CCN1C(=NC(=O)c2cccc(C(=O)NC)c2)Cc2ccccc21.CCN1C(=NC(=O)c2cccc(C(=O)ON3C(=O)CCC3=O)c2)Cc2ccccc21. The zero-order valence-corrected chi connectivity index (χ0v) is 30.1. The fraction of sp³-hybridized carbons (Fsp3) is 0.220. The number of rotatable bonds is 7. The predicted molar refractivity (Wildman–Crippen MR) is 203 cm³/mol. The van der Waals surface area contributed by atoms with E-state index in [0.717, 1.165) is 29.3 Å². The molecule has 4 aromatic rings. The molecule has 1 fully saturated rings. The topological polar surface area (TPSA) is 158 Å². The fourth-order valence-electron chi connectivity index (χ4n) is 6.44. The monoisotopic (exact) mass is 726 g/mol. The van der Waals surface area contributed by atoms with Gasteiger partial charge in [-0.2, -0.15) is 9.98 Å². The molecule has 3 heterocycles. The molecule has 4 aromatic carbocycles. The minimum atomic E-state index is -0.885. The number of anilines is 2. The Morgan fingerprint density at radius 1 is 0.630 bits per heavy atom. The first-order valence-electron chi connectivity index (χ1n) is 17.6. The van der Waals surface area contributed by atoms with E-state index in [1.165, 1.54) is 23.8 Å². The van der Waals surface area contributed by atoms with Gasteiger partial charge in [-0.15, -0.1) is 5.06 Å². The number of hydroxylamine groups is 2. The van der Waals surface area contributed by atoms with Gasteiger partial charge in [0.25, 0.3) is 29.5 Å². The van der Waals surface area contributed by atoms with Crippen molar-refractivity contribution in [2.45, 2.75) is 39.5 Å². The Morgan fingerprint density at radius 2 is 1.07 bits per heavy atom.